The van der Waals surface area contributed by atoms with Crippen LogP contribution < -0.4 is 5.73 Å². The third-order valence-electron chi connectivity index (χ3n) is 2.91. The minimum atomic E-state index is 0.620. The van der Waals surface area contributed by atoms with Gasteiger partial charge in [-0.1, -0.05) is 0 Å². The zero-order chi connectivity index (χ0) is 12.4. The molecule has 0 aliphatic rings. The van der Waals surface area contributed by atoms with E-state index in [2.05, 4.69) is 9.97 Å². The molecular weight excluding hydrogens is 214 g/mol. The number of aryl methyl sites for hydroxylation is 3. The summed E-state index contributed by atoms with van der Waals surface area (Å²) in [5, 5.41) is 0. The van der Waals surface area contributed by atoms with Gasteiger partial charge in [-0.3, -0.25) is 0 Å². The molecule has 0 saturated heterocycles. The van der Waals surface area contributed by atoms with Crippen molar-refractivity contribution in [2.45, 2.75) is 27.2 Å². The first-order chi connectivity index (χ1) is 8.13. The van der Waals surface area contributed by atoms with Crippen LogP contribution in [-0.4, -0.2) is 16.5 Å². The first kappa shape index (κ1) is 11.8. The van der Waals surface area contributed by atoms with Crippen molar-refractivity contribution in [1.29, 1.82) is 0 Å². The van der Waals surface area contributed by atoms with Crippen molar-refractivity contribution in [3.05, 3.63) is 35.0 Å². The lowest BCUT2D eigenvalue weighted by Crippen LogP contribution is -2.09. The van der Waals surface area contributed by atoms with Gasteiger partial charge in [-0.15, -0.1) is 0 Å². The second kappa shape index (κ2) is 4.67. The number of hydrogen-bond acceptors (Lipinski definition) is 4. The molecule has 2 rings (SSSR count). The van der Waals surface area contributed by atoms with Crippen molar-refractivity contribution in [2.24, 2.45) is 5.73 Å². The molecule has 0 atom stereocenters. The summed E-state index contributed by atoms with van der Waals surface area (Å²) in [6.45, 7) is 6.53. The van der Waals surface area contributed by atoms with E-state index in [-0.39, 0.29) is 0 Å². The van der Waals surface area contributed by atoms with Crippen LogP contribution in [0.1, 0.15) is 22.7 Å². The largest absolute Gasteiger partial charge is 0.469 e. The van der Waals surface area contributed by atoms with E-state index in [4.69, 9.17) is 10.2 Å². The molecule has 0 spiro atoms. The van der Waals surface area contributed by atoms with Gasteiger partial charge in [-0.05, 0) is 45.4 Å². The quantitative estimate of drug-likeness (QED) is 0.879. The third kappa shape index (κ3) is 2.22. The topological polar surface area (TPSA) is 64.9 Å². The van der Waals surface area contributed by atoms with E-state index >= 15 is 0 Å². The number of furan rings is 1. The van der Waals surface area contributed by atoms with E-state index < -0.39 is 0 Å². The van der Waals surface area contributed by atoms with Gasteiger partial charge in [-0.2, -0.15) is 0 Å². The Morgan fingerprint density at radius 1 is 1.18 bits per heavy atom. The highest BCUT2D eigenvalue weighted by molar-refractivity contribution is 5.57. The summed E-state index contributed by atoms with van der Waals surface area (Å²) in [6.07, 6.45) is 2.48. The fourth-order valence-electron chi connectivity index (χ4n) is 1.98. The van der Waals surface area contributed by atoms with Crippen LogP contribution in [-0.2, 0) is 6.42 Å². The number of aromatic nitrogens is 2. The molecule has 0 aromatic carbocycles. The van der Waals surface area contributed by atoms with Crippen molar-refractivity contribution < 1.29 is 4.42 Å². The van der Waals surface area contributed by atoms with Crippen molar-refractivity contribution in [2.75, 3.05) is 6.54 Å². The third-order valence-corrected chi connectivity index (χ3v) is 2.91. The molecule has 0 aliphatic heterocycles. The summed E-state index contributed by atoms with van der Waals surface area (Å²) in [5.41, 5.74) is 9.69. The molecule has 2 N–H and O–H groups in total. The lowest BCUT2D eigenvalue weighted by Gasteiger charge is -2.09. The van der Waals surface area contributed by atoms with Gasteiger partial charge >= 0.3 is 0 Å². The van der Waals surface area contributed by atoms with Crippen LogP contribution in [0.5, 0.6) is 0 Å². The number of nitrogens with two attached hydrogens (primary N) is 1. The summed E-state index contributed by atoms with van der Waals surface area (Å²) < 4.78 is 5.28. The molecule has 2 aromatic rings. The SMILES string of the molecule is Cc1nc(-c2ccoc2C)nc(C)c1CCN. The molecule has 0 amide bonds. The molecule has 90 valence electrons. The molecule has 0 fully saturated rings. The maximum absolute atomic E-state index is 5.58. The van der Waals surface area contributed by atoms with Crippen molar-refractivity contribution in [3.8, 4) is 11.4 Å². The number of rotatable bonds is 3. The average molecular weight is 231 g/mol. The fourth-order valence-corrected chi connectivity index (χ4v) is 1.98. The number of nitrogens with zero attached hydrogens (tertiary/aromatic N) is 2. The smallest absolute Gasteiger partial charge is 0.163 e. The lowest BCUT2D eigenvalue weighted by atomic mass is 10.1. The molecule has 0 aliphatic carbocycles. The Hall–Kier alpha value is -1.68. The monoisotopic (exact) mass is 231 g/mol. The van der Waals surface area contributed by atoms with Crippen molar-refractivity contribution in [1.82, 2.24) is 9.97 Å². The second-order valence-electron chi connectivity index (χ2n) is 4.13. The second-order valence-corrected chi connectivity index (χ2v) is 4.13. The molecule has 2 heterocycles. The molecule has 4 heteroatoms. The van der Waals surface area contributed by atoms with Gasteiger partial charge in [0, 0.05) is 11.4 Å². The van der Waals surface area contributed by atoms with E-state index in [1.165, 1.54) is 0 Å². The predicted octanol–water partition coefficient (Wildman–Crippen LogP) is 2.16. The Bertz CT molecular complexity index is 508. The molecule has 4 nitrogen and oxygen atoms in total. The zero-order valence-electron chi connectivity index (χ0n) is 10.4. The van der Waals surface area contributed by atoms with Gasteiger partial charge in [0.05, 0.1) is 11.8 Å². The Morgan fingerprint density at radius 2 is 1.82 bits per heavy atom. The first-order valence-electron chi connectivity index (χ1n) is 5.72. The fraction of sp³-hybridized carbons (Fsp3) is 0.385. The Labute approximate surface area is 101 Å². The van der Waals surface area contributed by atoms with E-state index in [0.29, 0.717) is 6.54 Å². The lowest BCUT2D eigenvalue weighted by molar-refractivity contribution is 0.535. The van der Waals surface area contributed by atoms with E-state index in [9.17, 15) is 0 Å². The normalized spacial score (nSPS) is 10.8. The van der Waals surface area contributed by atoms with E-state index in [1.54, 1.807) is 6.26 Å². The molecular formula is C13H17N3O. The molecule has 17 heavy (non-hydrogen) atoms. The predicted molar refractivity (Wildman–Crippen MR) is 66.7 cm³/mol. The van der Waals surface area contributed by atoms with Crippen LogP contribution in [0.4, 0.5) is 0 Å². The number of hydrogen-bond donors (Lipinski definition) is 1. The molecule has 2 aromatic heterocycles. The van der Waals surface area contributed by atoms with Crippen LogP contribution in [0.2, 0.25) is 0 Å². The van der Waals surface area contributed by atoms with Crippen molar-refractivity contribution in [3.63, 3.8) is 0 Å². The summed E-state index contributed by atoms with van der Waals surface area (Å²) in [6, 6.07) is 1.89. The minimum absolute atomic E-state index is 0.620. The standard InChI is InChI=1S/C13H17N3O/c1-8-11(4-6-14)9(2)16-13(15-8)12-5-7-17-10(12)3/h5,7H,4,6,14H2,1-3H3. The summed E-state index contributed by atoms with van der Waals surface area (Å²) >= 11 is 0. The van der Waals surface area contributed by atoms with Crippen LogP contribution in [0.25, 0.3) is 11.4 Å². The van der Waals surface area contributed by atoms with Gasteiger partial charge in [0.1, 0.15) is 5.76 Å². The summed E-state index contributed by atoms with van der Waals surface area (Å²) in [5.74, 6) is 1.57. The zero-order valence-corrected chi connectivity index (χ0v) is 10.4. The average Bonchev–Trinajstić information content (AvgIpc) is 2.69. The van der Waals surface area contributed by atoms with Crippen LogP contribution in [0, 0.1) is 20.8 Å². The Kier molecular flexibility index (Phi) is 3.24. The molecule has 0 radical (unpaired) electrons. The van der Waals surface area contributed by atoms with Gasteiger partial charge in [0.15, 0.2) is 5.82 Å². The summed E-state index contributed by atoms with van der Waals surface area (Å²) in [4.78, 5) is 9.06. The minimum Gasteiger partial charge on any atom is -0.469 e. The van der Waals surface area contributed by atoms with E-state index in [1.807, 2.05) is 26.8 Å². The highest BCUT2D eigenvalue weighted by Gasteiger charge is 2.12. The van der Waals surface area contributed by atoms with Crippen LogP contribution >= 0.6 is 0 Å². The maximum atomic E-state index is 5.58. The van der Waals surface area contributed by atoms with E-state index in [0.717, 1.165) is 40.5 Å². The van der Waals surface area contributed by atoms with Crippen LogP contribution in [0.15, 0.2) is 16.7 Å². The highest BCUT2D eigenvalue weighted by Crippen LogP contribution is 2.22. The van der Waals surface area contributed by atoms with Gasteiger partial charge in [-0.25, -0.2) is 9.97 Å². The summed E-state index contributed by atoms with van der Waals surface area (Å²) in [7, 11) is 0. The molecule has 0 saturated carbocycles. The van der Waals surface area contributed by atoms with Gasteiger partial charge in [0.25, 0.3) is 0 Å². The Balaban J connectivity index is 2.49. The van der Waals surface area contributed by atoms with Gasteiger partial charge < -0.3 is 10.2 Å². The maximum Gasteiger partial charge on any atom is 0.163 e. The van der Waals surface area contributed by atoms with Gasteiger partial charge in [0.2, 0.25) is 0 Å². The van der Waals surface area contributed by atoms with Crippen LogP contribution in [0.3, 0.4) is 0 Å². The van der Waals surface area contributed by atoms with Crippen molar-refractivity contribution >= 4 is 0 Å². The highest BCUT2D eigenvalue weighted by atomic mass is 16.3. The molecule has 0 bridgehead atoms. The molecule has 0 unspecified atom stereocenters. The Morgan fingerprint density at radius 3 is 2.29 bits per heavy atom. The first-order valence-corrected chi connectivity index (χ1v) is 5.72.